The Morgan fingerprint density at radius 2 is 2.00 bits per heavy atom. The summed E-state index contributed by atoms with van der Waals surface area (Å²) in [5.74, 6) is 0.917. The van der Waals surface area contributed by atoms with E-state index in [1.165, 1.54) is 0 Å². The SMILES string of the molecule is COc1ccc(O)c(CNC(C)(C)C(N)c2ccnc3cc(Cl)ccc23)c1. The summed E-state index contributed by atoms with van der Waals surface area (Å²) in [6.45, 7) is 4.53. The summed E-state index contributed by atoms with van der Waals surface area (Å²) in [6.07, 6.45) is 1.75. The molecule has 0 saturated carbocycles. The van der Waals surface area contributed by atoms with Gasteiger partial charge in [-0.3, -0.25) is 4.98 Å². The van der Waals surface area contributed by atoms with E-state index in [1.54, 1.807) is 25.4 Å². The third-order valence-electron chi connectivity index (χ3n) is 4.87. The number of phenolic OH excluding ortho intramolecular Hbond substituents is 1. The zero-order valence-electron chi connectivity index (χ0n) is 15.7. The average Bonchev–Trinajstić information content (AvgIpc) is 2.66. The van der Waals surface area contributed by atoms with Crippen molar-refractivity contribution in [2.24, 2.45) is 5.73 Å². The number of nitrogens with zero attached hydrogens (tertiary/aromatic N) is 1. The zero-order valence-corrected chi connectivity index (χ0v) is 16.4. The molecule has 0 radical (unpaired) electrons. The molecule has 142 valence electrons. The summed E-state index contributed by atoms with van der Waals surface area (Å²) >= 11 is 6.08. The fraction of sp³-hybridized carbons (Fsp3) is 0.286. The molecule has 4 N–H and O–H groups in total. The van der Waals surface area contributed by atoms with Gasteiger partial charge in [0.2, 0.25) is 0 Å². The molecule has 3 rings (SSSR count). The van der Waals surface area contributed by atoms with Crippen molar-refractivity contribution in [1.82, 2.24) is 10.3 Å². The second kappa shape index (κ2) is 7.72. The number of halogens is 1. The Balaban J connectivity index is 1.85. The lowest BCUT2D eigenvalue weighted by Crippen LogP contribution is -2.48. The van der Waals surface area contributed by atoms with Gasteiger partial charge in [-0.15, -0.1) is 0 Å². The molecule has 2 aromatic carbocycles. The lowest BCUT2D eigenvalue weighted by molar-refractivity contribution is 0.319. The van der Waals surface area contributed by atoms with E-state index < -0.39 is 5.54 Å². The summed E-state index contributed by atoms with van der Waals surface area (Å²) in [5, 5.41) is 15.2. The van der Waals surface area contributed by atoms with Gasteiger partial charge in [-0.2, -0.15) is 0 Å². The van der Waals surface area contributed by atoms with Crippen LogP contribution in [0.3, 0.4) is 0 Å². The van der Waals surface area contributed by atoms with Gasteiger partial charge >= 0.3 is 0 Å². The summed E-state index contributed by atoms with van der Waals surface area (Å²) in [4.78, 5) is 4.38. The van der Waals surface area contributed by atoms with Gasteiger partial charge in [0.15, 0.2) is 0 Å². The van der Waals surface area contributed by atoms with E-state index in [0.29, 0.717) is 17.3 Å². The van der Waals surface area contributed by atoms with Crippen LogP contribution in [0, 0.1) is 0 Å². The Morgan fingerprint density at radius 1 is 1.22 bits per heavy atom. The fourth-order valence-corrected chi connectivity index (χ4v) is 3.23. The molecular weight excluding hydrogens is 362 g/mol. The van der Waals surface area contributed by atoms with Gasteiger partial charge in [0.05, 0.1) is 12.6 Å². The molecule has 0 fully saturated rings. The zero-order chi connectivity index (χ0) is 19.6. The quantitative estimate of drug-likeness (QED) is 0.593. The number of phenols is 1. The number of fused-ring (bicyclic) bond motifs is 1. The number of methoxy groups -OCH3 is 1. The minimum Gasteiger partial charge on any atom is -0.508 e. The smallest absolute Gasteiger partial charge is 0.120 e. The molecule has 1 atom stereocenters. The van der Waals surface area contributed by atoms with Crippen LogP contribution >= 0.6 is 11.6 Å². The lowest BCUT2D eigenvalue weighted by atomic mass is 9.87. The van der Waals surface area contributed by atoms with Crippen LogP contribution in [0.1, 0.15) is 31.0 Å². The molecule has 1 aromatic heterocycles. The largest absolute Gasteiger partial charge is 0.508 e. The maximum absolute atomic E-state index is 10.1. The van der Waals surface area contributed by atoms with Crippen LogP contribution in [0.15, 0.2) is 48.7 Å². The highest BCUT2D eigenvalue weighted by atomic mass is 35.5. The average molecular weight is 386 g/mol. The van der Waals surface area contributed by atoms with Crippen molar-refractivity contribution in [3.05, 3.63) is 64.8 Å². The molecule has 0 aliphatic carbocycles. The van der Waals surface area contributed by atoms with Crippen molar-refractivity contribution in [2.75, 3.05) is 7.11 Å². The Hall–Kier alpha value is -2.34. The first-order valence-electron chi connectivity index (χ1n) is 8.72. The molecule has 5 nitrogen and oxygen atoms in total. The van der Waals surface area contributed by atoms with Gasteiger partial charge in [-0.25, -0.2) is 0 Å². The molecule has 0 saturated heterocycles. The second-order valence-corrected chi connectivity index (χ2v) is 7.55. The van der Waals surface area contributed by atoms with E-state index in [-0.39, 0.29) is 11.8 Å². The van der Waals surface area contributed by atoms with E-state index in [1.807, 2.05) is 44.2 Å². The molecule has 3 aromatic rings. The van der Waals surface area contributed by atoms with Gasteiger partial charge < -0.3 is 20.9 Å². The summed E-state index contributed by atoms with van der Waals surface area (Å²) < 4.78 is 5.24. The number of rotatable bonds is 6. The van der Waals surface area contributed by atoms with E-state index in [4.69, 9.17) is 22.1 Å². The van der Waals surface area contributed by atoms with E-state index in [9.17, 15) is 5.11 Å². The predicted molar refractivity (Wildman–Crippen MR) is 109 cm³/mol. The van der Waals surface area contributed by atoms with Crippen LogP contribution < -0.4 is 15.8 Å². The normalized spacial score (nSPS) is 12.9. The number of hydrogen-bond acceptors (Lipinski definition) is 5. The second-order valence-electron chi connectivity index (χ2n) is 7.11. The van der Waals surface area contributed by atoms with Gasteiger partial charge in [0.1, 0.15) is 11.5 Å². The van der Waals surface area contributed by atoms with Crippen molar-refractivity contribution in [3.63, 3.8) is 0 Å². The molecule has 1 unspecified atom stereocenters. The maximum atomic E-state index is 10.1. The van der Waals surface area contributed by atoms with Crippen LogP contribution in [-0.4, -0.2) is 22.7 Å². The van der Waals surface area contributed by atoms with Crippen molar-refractivity contribution in [3.8, 4) is 11.5 Å². The van der Waals surface area contributed by atoms with Crippen LogP contribution in [-0.2, 0) is 6.54 Å². The number of ether oxygens (including phenoxy) is 1. The third-order valence-corrected chi connectivity index (χ3v) is 5.11. The highest BCUT2D eigenvalue weighted by molar-refractivity contribution is 6.31. The first-order chi connectivity index (χ1) is 12.8. The van der Waals surface area contributed by atoms with Gasteiger partial charge in [0, 0.05) is 40.3 Å². The number of pyridine rings is 1. The van der Waals surface area contributed by atoms with Crippen LogP contribution in [0.5, 0.6) is 11.5 Å². The molecule has 0 aliphatic heterocycles. The molecule has 1 heterocycles. The van der Waals surface area contributed by atoms with E-state index >= 15 is 0 Å². The monoisotopic (exact) mass is 385 g/mol. The highest BCUT2D eigenvalue weighted by Gasteiger charge is 2.28. The summed E-state index contributed by atoms with van der Waals surface area (Å²) in [5.41, 5.74) is 8.74. The molecule has 6 heteroatoms. The Morgan fingerprint density at radius 3 is 2.74 bits per heavy atom. The maximum Gasteiger partial charge on any atom is 0.120 e. The standard InChI is InChI=1S/C21H24ClN3O2/c1-21(2,25-12-13-10-15(27-3)5-7-19(13)26)20(23)17-8-9-24-18-11-14(22)4-6-16(17)18/h4-11,20,25-26H,12,23H2,1-3H3. The first kappa shape index (κ1) is 19.4. The summed E-state index contributed by atoms with van der Waals surface area (Å²) in [7, 11) is 1.60. The molecule has 0 bridgehead atoms. The number of nitrogens with one attached hydrogen (secondary N) is 1. The van der Waals surface area contributed by atoms with Crippen molar-refractivity contribution >= 4 is 22.5 Å². The lowest BCUT2D eigenvalue weighted by Gasteiger charge is -2.34. The fourth-order valence-electron chi connectivity index (χ4n) is 3.07. The van der Waals surface area contributed by atoms with E-state index in [0.717, 1.165) is 22.0 Å². The topological polar surface area (TPSA) is 80.4 Å². The Labute approximate surface area is 164 Å². The van der Waals surface area contributed by atoms with Crippen LogP contribution in [0.2, 0.25) is 5.02 Å². The molecule has 27 heavy (non-hydrogen) atoms. The number of nitrogens with two attached hydrogens (primary N) is 1. The highest BCUT2D eigenvalue weighted by Crippen LogP contribution is 2.31. The van der Waals surface area contributed by atoms with Gasteiger partial charge in [-0.1, -0.05) is 17.7 Å². The molecular formula is C21H24ClN3O2. The van der Waals surface area contributed by atoms with Crippen molar-refractivity contribution in [1.29, 1.82) is 0 Å². The molecule has 0 aliphatic rings. The van der Waals surface area contributed by atoms with Crippen molar-refractivity contribution in [2.45, 2.75) is 32.0 Å². The number of aromatic nitrogens is 1. The van der Waals surface area contributed by atoms with E-state index in [2.05, 4.69) is 10.3 Å². The van der Waals surface area contributed by atoms with Crippen LogP contribution in [0.25, 0.3) is 10.9 Å². The first-order valence-corrected chi connectivity index (χ1v) is 9.10. The third kappa shape index (κ3) is 4.16. The number of aromatic hydroxyl groups is 1. The molecule has 0 amide bonds. The summed E-state index contributed by atoms with van der Waals surface area (Å²) in [6, 6.07) is 12.4. The van der Waals surface area contributed by atoms with Crippen LogP contribution in [0.4, 0.5) is 0 Å². The number of benzene rings is 2. The minimum absolute atomic E-state index is 0.219. The van der Waals surface area contributed by atoms with Gasteiger partial charge in [0.25, 0.3) is 0 Å². The van der Waals surface area contributed by atoms with Crippen molar-refractivity contribution < 1.29 is 9.84 Å². The van der Waals surface area contributed by atoms with Gasteiger partial charge in [-0.05, 0) is 55.8 Å². The number of hydrogen-bond donors (Lipinski definition) is 3. The Kier molecular flexibility index (Phi) is 5.56. The minimum atomic E-state index is -0.441. The Bertz CT molecular complexity index is 959. The molecule has 0 spiro atoms. The predicted octanol–water partition coefficient (Wildman–Crippen LogP) is 4.17.